The van der Waals surface area contributed by atoms with Crippen LogP contribution < -0.4 is 15.8 Å². The molecule has 1 aromatic carbocycles. The summed E-state index contributed by atoms with van der Waals surface area (Å²) in [5.41, 5.74) is -2.70. The maximum absolute atomic E-state index is 15.8. The van der Waals surface area contributed by atoms with Crippen LogP contribution in [0, 0.1) is 5.82 Å². The number of nitrogens with one attached hydrogen (secondary N) is 2. The molecule has 0 bridgehead atoms. The van der Waals surface area contributed by atoms with E-state index in [9.17, 15) is 27.6 Å². The van der Waals surface area contributed by atoms with Crippen molar-refractivity contribution >= 4 is 34.5 Å². The zero-order chi connectivity index (χ0) is 31.9. The summed E-state index contributed by atoms with van der Waals surface area (Å²) in [6.07, 6.45) is -4.26. The second-order valence-corrected chi connectivity index (χ2v) is 12.2. The van der Waals surface area contributed by atoms with Crippen LogP contribution in [-0.2, 0) is 6.18 Å². The summed E-state index contributed by atoms with van der Waals surface area (Å²) in [6, 6.07) is 3.00. The lowest BCUT2D eigenvalue weighted by Gasteiger charge is -2.44. The minimum atomic E-state index is -4.96. The molecule has 0 saturated carbocycles. The number of halogens is 4. The van der Waals surface area contributed by atoms with E-state index in [1.54, 1.807) is 4.90 Å². The number of carbonyl (C=O) groups is 2. The van der Waals surface area contributed by atoms with Gasteiger partial charge in [0.1, 0.15) is 5.82 Å². The van der Waals surface area contributed by atoms with Gasteiger partial charge in [0.05, 0.1) is 28.2 Å². The number of piperazine rings is 2. The summed E-state index contributed by atoms with van der Waals surface area (Å²) < 4.78 is 57.0. The lowest BCUT2D eigenvalue weighted by atomic mass is 10.0. The Labute approximate surface area is 255 Å². The first-order chi connectivity index (χ1) is 20.7. The third-order valence-electron chi connectivity index (χ3n) is 8.26. The molecule has 4 heterocycles. The van der Waals surface area contributed by atoms with Gasteiger partial charge in [0.2, 0.25) is 5.56 Å². The molecule has 2 amide bonds. The number of amides is 2. The number of aromatic nitrogens is 2. The Morgan fingerprint density at radius 2 is 1.70 bits per heavy atom. The van der Waals surface area contributed by atoms with Crippen LogP contribution in [0.3, 0.4) is 0 Å². The molecule has 0 aliphatic carbocycles. The van der Waals surface area contributed by atoms with E-state index >= 15 is 4.39 Å². The van der Waals surface area contributed by atoms with E-state index in [0.717, 1.165) is 24.4 Å². The highest BCUT2D eigenvalue weighted by atomic mass is 32.1. The molecule has 3 aromatic rings. The van der Waals surface area contributed by atoms with Gasteiger partial charge in [0, 0.05) is 80.6 Å². The van der Waals surface area contributed by atoms with Crippen LogP contribution in [0.2, 0.25) is 0 Å². The Morgan fingerprint density at radius 1 is 1.05 bits per heavy atom. The summed E-state index contributed by atoms with van der Waals surface area (Å²) in [7, 11) is 3.94. The number of carbonyl (C=O) groups excluding carboxylic acids is 2. The van der Waals surface area contributed by atoms with E-state index in [1.807, 2.05) is 32.8 Å². The molecule has 15 heteroatoms. The van der Waals surface area contributed by atoms with Crippen molar-refractivity contribution in [2.75, 3.05) is 63.6 Å². The molecule has 2 aliphatic heterocycles. The lowest BCUT2D eigenvalue weighted by Crippen LogP contribution is -2.55. The molecule has 2 atom stereocenters. The first kappa shape index (κ1) is 31.6. The van der Waals surface area contributed by atoms with E-state index < -0.39 is 34.6 Å². The smallest absolute Gasteiger partial charge is 0.367 e. The number of anilines is 2. The van der Waals surface area contributed by atoms with Crippen molar-refractivity contribution in [1.29, 1.82) is 0 Å². The van der Waals surface area contributed by atoms with E-state index in [4.69, 9.17) is 0 Å². The SMILES string of the molecule is C[C@@H]1CN(c2cc(F)c(-c3csc(C(=O)N4CCN(C)CC4)n3)cc2NC(=O)c2c[nH]c(=O)cc2C(F)(F)F)C[C@H](C)N1C. The Bertz CT molecular complexity index is 1600. The molecule has 236 valence electrons. The van der Waals surface area contributed by atoms with Crippen LogP contribution in [0.25, 0.3) is 11.3 Å². The van der Waals surface area contributed by atoms with Crippen molar-refractivity contribution in [3.05, 3.63) is 62.1 Å². The van der Waals surface area contributed by atoms with Gasteiger partial charge >= 0.3 is 6.18 Å². The molecule has 2 saturated heterocycles. The van der Waals surface area contributed by atoms with E-state index in [1.165, 1.54) is 17.5 Å². The average Bonchev–Trinajstić information content (AvgIpc) is 3.46. The largest absolute Gasteiger partial charge is 0.417 e. The molecule has 0 unspecified atom stereocenters. The third kappa shape index (κ3) is 6.49. The summed E-state index contributed by atoms with van der Waals surface area (Å²) in [4.78, 5) is 52.4. The van der Waals surface area contributed by atoms with Crippen LogP contribution in [0.1, 0.15) is 39.6 Å². The van der Waals surface area contributed by atoms with Gasteiger partial charge in [-0.3, -0.25) is 19.3 Å². The summed E-state index contributed by atoms with van der Waals surface area (Å²) in [5.74, 6) is -2.06. The quantitative estimate of drug-likeness (QED) is 0.411. The van der Waals surface area contributed by atoms with Gasteiger partial charge < -0.3 is 25.0 Å². The molecule has 2 N–H and O–H groups in total. The van der Waals surface area contributed by atoms with Gasteiger partial charge in [-0.2, -0.15) is 13.2 Å². The average molecular weight is 636 g/mol. The molecule has 2 aliphatic rings. The van der Waals surface area contributed by atoms with Gasteiger partial charge in [0.25, 0.3) is 11.8 Å². The van der Waals surface area contributed by atoms with E-state index in [0.29, 0.717) is 38.4 Å². The number of thiazole rings is 1. The minimum Gasteiger partial charge on any atom is -0.367 e. The fourth-order valence-corrected chi connectivity index (χ4v) is 6.23. The molecule has 0 radical (unpaired) electrons. The van der Waals surface area contributed by atoms with Crippen molar-refractivity contribution in [2.24, 2.45) is 0 Å². The normalized spacial score (nSPS) is 20.2. The molecule has 5 rings (SSSR count). The first-order valence-electron chi connectivity index (χ1n) is 14.1. The fraction of sp³-hybridized carbons (Fsp3) is 0.448. The number of alkyl halides is 3. The van der Waals surface area contributed by atoms with Gasteiger partial charge in [-0.1, -0.05) is 0 Å². The second kappa shape index (κ2) is 12.3. The fourth-order valence-electron chi connectivity index (χ4n) is 5.45. The summed E-state index contributed by atoms with van der Waals surface area (Å²) >= 11 is 1.07. The van der Waals surface area contributed by atoms with Crippen LogP contribution in [0.5, 0.6) is 0 Å². The van der Waals surface area contributed by atoms with Crippen LogP contribution in [0.15, 0.2) is 34.6 Å². The number of benzene rings is 1. The Kier molecular flexibility index (Phi) is 8.82. The number of H-pyrrole nitrogens is 1. The van der Waals surface area contributed by atoms with Crippen molar-refractivity contribution in [2.45, 2.75) is 32.1 Å². The van der Waals surface area contributed by atoms with Crippen LogP contribution >= 0.6 is 11.3 Å². The van der Waals surface area contributed by atoms with Crippen molar-refractivity contribution in [3.63, 3.8) is 0 Å². The summed E-state index contributed by atoms with van der Waals surface area (Å²) in [6.45, 7) is 7.44. The highest BCUT2D eigenvalue weighted by molar-refractivity contribution is 7.12. The topological polar surface area (TPSA) is 105 Å². The molecule has 2 aromatic heterocycles. The van der Waals surface area contributed by atoms with Gasteiger partial charge in [-0.25, -0.2) is 9.37 Å². The number of pyridine rings is 1. The van der Waals surface area contributed by atoms with Gasteiger partial charge in [-0.05, 0) is 34.0 Å². The second-order valence-electron chi connectivity index (χ2n) is 11.3. The third-order valence-corrected chi connectivity index (χ3v) is 9.09. The molecular weight excluding hydrogens is 602 g/mol. The molecule has 0 spiro atoms. The predicted molar refractivity (Wildman–Crippen MR) is 160 cm³/mol. The monoisotopic (exact) mass is 635 g/mol. The standard InChI is InChI=1S/C29H33F4N7O3S/c1-16-13-40(14-17(2)38(16)4)24-11-21(30)18(23-15-44-27(36-23)28(43)39-7-5-37(3)6-8-39)9-22(24)35-26(42)19-12-34-25(41)10-20(19)29(31,32)33/h9-12,15-17H,5-8,13-14H2,1-4H3,(H,34,41)(H,35,42)/t16-,17+. The lowest BCUT2D eigenvalue weighted by molar-refractivity contribution is -0.138. The number of likely N-dealkylation sites (N-methyl/N-ethyl adjacent to an activating group) is 2. The number of hydrogen-bond acceptors (Lipinski definition) is 8. The predicted octanol–water partition coefficient (Wildman–Crippen LogP) is 3.83. The number of rotatable bonds is 5. The van der Waals surface area contributed by atoms with Gasteiger partial charge in [-0.15, -0.1) is 11.3 Å². The van der Waals surface area contributed by atoms with Crippen LogP contribution in [-0.4, -0.2) is 102 Å². The number of aromatic amines is 1. The number of hydrogen-bond donors (Lipinski definition) is 2. The van der Waals surface area contributed by atoms with Crippen LogP contribution in [0.4, 0.5) is 28.9 Å². The first-order valence-corrected chi connectivity index (χ1v) is 15.0. The highest BCUT2D eigenvalue weighted by Crippen LogP contribution is 2.37. The van der Waals surface area contributed by atoms with Crippen molar-refractivity contribution < 1.29 is 27.2 Å². The minimum absolute atomic E-state index is 0.0227. The summed E-state index contributed by atoms with van der Waals surface area (Å²) in [5, 5.41) is 4.25. The Morgan fingerprint density at radius 3 is 2.34 bits per heavy atom. The Hall–Kier alpha value is -3.82. The molecule has 10 nitrogen and oxygen atoms in total. The van der Waals surface area contributed by atoms with Crippen molar-refractivity contribution in [3.8, 4) is 11.3 Å². The zero-order valence-electron chi connectivity index (χ0n) is 24.7. The van der Waals surface area contributed by atoms with Gasteiger partial charge in [0.15, 0.2) is 5.01 Å². The molecular formula is C29H33F4N7O3S. The maximum atomic E-state index is 15.8. The highest BCUT2D eigenvalue weighted by Gasteiger charge is 2.36. The van der Waals surface area contributed by atoms with E-state index in [-0.39, 0.29) is 45.6 Å². The molecule has 44 heavy (non-hydrogen) atoms. The molecule has 2 fully saturated rings. The maximum Gasteiger partial charge on any atom is 0.417 e. The number of nitrogens with zero attached hydrogens (tertiary/aromatic N) is 5. The Balaban J connectivity index is 1.53. The van der Waals surface area contributed by atoms with Crippen molar-refractivity contribution in [1.82, 2.24) is 24.7 Å². The zero-order valence-corrected chi connectivity index (χ0v) is 25.5. The van der Waals surface area contributed by atoms with E-state index in [2.05, 4.69) is 25.1 Å².